The summed E-state index contributed by atoms with van der Waals surface area (Å²) in [6.45, 7) is 11.9. The number of morpholine rings is 1. The number of aliphatic imine (C=N–C) groups is 1. The third kappa shape index (κ3) is 8.41. The van der Waals surface area contributed by atoms with E-state index in [9.17, 15) is 5.11 Å². The number of nitrogens with zero attached hydrogens (tertiary/aromatic N) is 2. The van der Waals surface area contributed by atoms with Crippen molar-refractivity contribution in [2.75, 3.05) is 45.9 Å². The van der Waals surface area contributed by atoms with Crippen LogP contribution in [-0.4, -0.2) is 67.9 Å². The average molecular weight is 525 g/mol. The number of rotatable bonds is 8. The second-order valence-corrected chi connectivity index (χ2v) is 7.56. The first-order chi connectivity index (χ1) is 13.0. The number of hydrogen-bond acceptors (Lipinski definition) is 4. The van der Waals surface area contributed by atoms with Crippen LogP contribution in [0.25, 0.3) is 0 Å². The van der Waals surface area contributed by atoms with Crippen molar-refractivity contribution in [2.45, 2.75) is 32.9 Å². The quantitative estimate of drug-likeness (QED) is 0.277. The summed E-state index contributed by atoms with van der Waals surface area (Å²) < 4.78 is 5.47. The monoisotopic (exact) mass is 524 g/mol. The summed E-state index contributed by atoms with van der Waals surface area (Å²) in [5, 5.41) is 17.6. The summed E-state index contributed by atoms with van der Waals surface area (Å²) in [4.78, 5) is 7.23. The molecule has 0 radical (unpaired) electrons. The van der Waals surface area contributed by atoms with Gasteiger partial charge in [0.15, 0.2) is 5.96 Å². The Morgan fingerprint density at radius 1 is 1.21 bits per heavy atom. The molecule has 1 saturated heterocycles. The van der Waals surface area contributed by atoms with E-state index in [0.29, 0.717) is 30.1 Å². The van der Waals surface area contributed by atoms with Crippen molar-refractivity contribution in [3.8, 4) is 0 Å². The zero-order chi connectivity index (χ0) is 19.6. The summed E-state index contributed by atoms with van der Waals surface area (Å²) in [5.74, 6) is 1.24. The second kappa shape index (κ2) is 13.6. The van der Waals surface area contributed by atoms with Gasteiger partial charge in [-0.2, -0.15) is 0 Å². The summed E-state index contributed by atoms with van der Waals surface area (Å²) in [7, 11) is 0. The smallest absolute Gasteiger partial charge is 0.191 e. The molecule has 8 heteroatoms. The number of aliphatic hydroxyl groups is 1. The van der Waals surface area contributed by atoms with E-state index in [1.165, 1.54) is 0 Å². The predicted octanol–water partition coefficient (Wildman–Crippen LogP) is 2.90. The maximum atomic E-state index is 10.4. The fourth-order valence-corrected chi connectivity index (χ4v) is 3.31. The number of hydrogen-bond donors (Lipinski definition) is 3. The first-order valence-corrected chi connectivity index (χ1v) is 10.2. The zero-order valence-corrected chi connectivity index (χ0v) is 20.1. The molecule has 3 N–H and O–H groups in total. The number of ether oxygens (including phenoxy) is 1. The third-order valence-corrected chi connectivity index (χ3v) is 5.03. The van der Waals surface area contributed by atoms with Crippen molar-refractivity contribution in [2.24, 2.45) is 10.9 Å². The number of benzene rings is 1. The first-order valence-electron chi connectivity index (χ1n) is 9.78. The van der Waals surface area contributed by atoms with Gasteiger partial charge in [0.05, 0.1) is 25.9 Å². The van der Waals surface area contributed by atoms with Gasteiger partial charge in [-0.05, 0) is 30.5 Å². The Morgan fingerprint density at radius 3 is 2.43 bits per heavy atom. The van der Waals surface area contributed by atoms with Gasteiger partial charge in [-0.1, -0.05) is 37.6 Å². The highest BCUT2D eigenvalue weighted by Gasteiger charge is 2.23. The molecule has 2 rings (SSSR count). The van der Waals surface area contributed by atoms with Gasteiger partial charge >= 0.3 is 0 Å². The minimum atomic E-state index is -0.619. The molecule has 2 atom stereocenters. The molecule has 0 amide bonds. The van der Waals surface area contributed by atoms with Crippen molar-refractivity contribution in [1.82, 2.24) is 15.5 Å². The lowest BCUT2D eigenvalue weighted by molar-refractivity contribution is 0.00867. The Labute approximate surface area is 191 Å². The van der Waals surface area contributed by atoms with Crippen molar-refractivity contribution in [3.63, 3.8) is 0 Å². The molecule has 6 nitrogen and oxygen atoms in total. The van der Waals surface area contributed by atoms with E-state index in [0.717, 1.165) is 44.4 Å². The van der Waals surface area contributed by atoms with E-state index in [1.54, 1.807) is 12.1 Å². The van der Waals surface area contributed by atoms with Gasteiger partial charge in [-0.15, -0.1) is 24.0 Å². The van der Waals surface area contributed by atoms with E-state index in [2.05, 4.69) is 29.4 Å². The van der Waals surface area contributed by atoms with Crippen LogP contribution in [0, 0.1) is 5.92 Å². The molecule has 0 bridgehead atoms. The SMILES string of the molecule is CCNC(=NCC(C(C)C)N1CCOCC1)NCC(O)c1ccc(Cl)cc1.I. The molecule has 1 fully saturated rings. The minimum Gasteiger partial charge on any atom is -0.387 e. The molecule has 0 saturated carbocycles. The number of halogens is 2. The van der Waals surface area contributed by atoms with Crippen molar-refractivity contribution in [3.05, 3.63) is 34.9 Å². The molecule has 0 aromatic heterocycles. The van der Waals surface area contributed by atoms with Crippen molar-refractivity contribution < 1.29 is 9.84 Å². The van der Waals surface area contributed by atoms with Gasteiger partial charge in [0.25, 0.3) is 0 Å². The molecule has 1 heterocycles. The highest BCUT2D eigenvalue weighted by atomic mass is 127. The Bertz CT molecular complexity index is 580. The van der Waals surface area contributed by atoms with Gasteiger partial charge in [-0.25, -0.2) is 0 Å². The summed E-state index contributed by atoms with van der Waals surface area (Å²) >= 11 is 5.91. The Balaban J connectivity index is 0.00000392. The topological polar surface area (TPSA) is 69.1 Å². The highest BCUT2D eigenvalue weighted by molar-refractivity contribution is 14.0. The van der Waals surface area contributed by atoms with Crippen molar-refractivity contribution >= 4 is 41.5 Å². The van der Waals surface area contributed by atoms with E-state index in [-0.39, 0.29) is 24.0 Å². The van der Waals surface area contributed by atoms with Gasteiger partial charge in [0.1, 0.15) is 0 Å². The minimum absolute atomic E-state index is 0. The predicted molar refractivity (Wildman–Crippen MR) is 127 cm³/mol. The van der Waals surface area contributed by atoms with E-state index >= 15 is 0 Å². The first kappa shape index (κ1) is 25.4. The average Bonchev–Trinajstić information content (AvgIpc) is 2.67. The Hall–Kier alpha value is -0.610. The lowest BCUT2D eigenvalue weighted by Crippen LogP contribution is -2.48. The Kier molecular flexibility index (Phi) is 12.3. The summed E-state index contributed by atoms with van der Waals surface area (Å²) in [6, 6.07) is 7.63. The molecule has 1 aliphatic heterocycles. The molecular formula is C20H34ClIN4O2. The number of nitrogens with one attached hydrogen (secondary N) is 2. The molecule has 1 aromatic carbocycles. The lowest BCUT2D eigenvalue weighted by atomic mass is 10.0. The molecule has 28 heavy (non-hydrogen) atoms. The van der Waals surface area contributed by atoms with E-state index in [1.807, 2.05) is 19.1 Å². The molecular weight excluding hydrogens is 491 g/mol. The second-order valence-electron chi connectivity index (χ2n) is 7.13. The molecule has 1 aromatic rings. The lowest BCUT2D eigenvalue weighted by Gasteiger charge is -2.36. The van der Waals surface area contributed by atoms with Gasteiger partial charge < -0.3 is 20.5 Å². The van der Waals surface area contributed by atoms with Crippen LogP contribution in [0.15, 0.2) is 29.3 Å². The molecule has 160 valence electrons. The third-order valence-electron chi connectivity index (χ3n) is 4.78. The van der Waals surface area contributed by atoms with Crippen LogP contribution in [0.4, 0.5) is 0 Å². The molecule has 0 aliphatic carbocycles. The van der Waals surface area contributed by atoms with Crippen molar-refractivity contribution in [1.29, 1.82) is 0 Å². The van der Waals surface area contributed by atoms with Crippen LogP contribution in [0.3, 0.4) is 0 Å². The normalized spacial score (nSPS) is 17.7. The highest BCUT2D eigenvalue weighted by Crippen LogP contribution is 2.16. The van der Waals surface area contributed by atoms with Crippen LogP contribution < -0.4 is 10.6 Å². The van der Waals surface area contributed by atoms with Crippen LogP contribution in [0.5, 0.6) is 0 Å². The van der Waals surface area contributed by atoms with Crippen LogP contribution in [0.2, 0.25) is 5.02 Å². The van der Waals surface area contributed by atoms with Crippen LogP contribution in [-0.2, 0) is 4.74 Å². The molecule has 0 spiro atoms. The molecule has 1 aliphatic rings. The largest absolute Gasteiger partial charge is 0.387 e. The maximum absolute atomic E-state index is 10.4. The number of guanidine groups is 1. The maximum Gasteiger partial charge on any atom is 0.191 e. The van der Waals surface area contributed by atoms with Gasteiger partial charge in [0, 0.05) is 37.2 Å². The van der Waals surface area contributed by atoms with Gasteiger partial charge in [0.2, 0.25) is 0 Å². The fraction of sp³-hybridized carbons (Fsp3) is 0.650. The van der Waals surface area contributed by atoms with Crippen LogP contribution >= 0.6 is 35.6 Å². The van der Waals surface area contributed by atoms with Crippen LogP contribution in [0.1, 0.15) is 32.4 Å². The van der Waals surface area contributed by atoms with E-state index < -0.39 is 6.10 Å². The fourth-order valence-electron chi connectivity index (χ4n) is 3.18. The summed E-state index contributed by atoms with van der Waals surface area (Å²) in [5.41, 5.74) is 0.830. The number of aliphatic hydroxyl groups excluding tert-OH is 1. The standard InChI is InChI=1S/C20H33ClN4O2.HI/c1-4-22-20(24-14-19(26)16-5-7-17(21)8-6-16)23-13-18(15(2)3)25-9-11-27-12-10-25;/h5-8,15,18-19,26H,4,9-14H2,1-3H3,(H2,22,23,24);1H. The van der Waals surface area contributed by atoms with Gasteiger partial charge in [-0.3, -0.25) is 9.89 Å². The zero-order valence-electron chi connectivity index (χ0n) is 17.0. The molecule has 2 unspecified atom stereocenters. The summed E-state index contributed by atoms with van der Waals surface area (Å²) in [6.07, 6.45) is -0.619. The Morgan fingerprint density at radius 2 is 1.86 bits per heavy atom. The van der Waals surface area contributed by atoms with E-state index in [4.69, 9.17) is 21.3 Å².